The molecule has 1 aliphatic rings. The van der Waals surface area contributed by atoms with E-state index in [9.17, 15) is 0 Å². The van der Waals surface area contributed by atoms with Crippen molar-refractivity contribution in [3.63, 3.8) is 0 Å². The number of aromatic nitrogens is 2. The molecule has 2 rings (SSSR count). The van der Waals surface area contributed by atoms with Gasteiger partial charge in [0.25, 0.3) is 0 Å². The average Bonchev–Trinajstić information content (AvgIpc) is 2.65. The fourth-order valence-corrected chi connectivity index (χ4v) is 2.27. The Morgan fingerprint density at radius 3 is 2.60 bits per heavy atom. The van der Waals surface area contributed by atoms with Crippen molar-refractivity contribution in [2.24, 2.45) is 5.73 Å². The molecule has 3 nitrogen and oxygen atoms in total. The molecule has 1 saturated carbocycles. The maximum Gasteiger partial charge on any atom is 0.148 e. The van der Waals surface area contributed by atoms with Crippen molar-refractivity contribution in [1.82, 2.24) is 9.97 Å². The first-order valence-corrected chi connectivity index (χ1v) is 5.78. The molecule has 0 atom stereocenters. The van der Waals surface area contributed by atoms with Crippen molar-refractivity contribution < 1.29 is 0 Å². The largest absolute Gasteiger partial charge is 0.319 e. The quantitative estimate of drug-likeness (QED) is 0.804. The molecule has 2 N–H and O–H groups in total. The van der Waals surface area contributed by atoms with Gasteiger partial charge in [0.2, 0.25) is 0 Å². The Morgan fingerprint density at radius 2 is 2.00 bits per heavy atom. The lowest BCUT2D eigenvalue weighted by molar-refractivity contribution is 0.428. The van der Waals surface area contributed by atoms with Gasteiger partial charge < -0.3 is 5.73 Å². The van der Waals surface area contributed by atoms with Gasteiger partial charge in [-0.05, 0) is 32.3 Å². The van der Waals surface area contributed by atoms with Gasteiger partial charge in [0.1, 0.15) is 5.82 Å². The van der Waals surface area contributed by atoms with Crippen LogP contribution in [0.3, 0.4) is 0 Å². The Balaban J connectivity index is 2.38. The second-order valence-electron chi connectivity index (χ2n) is 4.54. The van der Waals surface area contributed by atoms with Gasteiger partial charge in [-0.2, -0.15) is 0 Å². The molecule has 1 heterocycles. The lowest BCUT2D eigenvalue weighted by Gasteiger charge is -2.22. The van der Waals surface area contributed by atoms with E-state index in [-0.39, 0.29) is 5.54 Å². The van der Waals surface area contributed by atoms with E-state index in [0.29, 0.717) is 0 Å². The number of hydrogen-bond acceptors (Lipinski definition) is 3. The maximum absolute atomic E-state index is 6.35. The minimum absolute atomic E-state index is 0.254. The molecule has 1 aromatic rings. The first kappa shape index (κ1) is 10.6. The van der Waals surface area contributed by atoms with E-state index in [4.69, 9.17) is 5.73 Å². The summed E-state index contributed by atoms with van der Waals surface area (Å²) >= 11 is 0. The SMILES string of the molecule is CCc1cc(C)nc(C2(N)CCCC2)n1. The molecule has 0 radical (unpaired) electrons. The summed E-state index contributed by atoms with van der Waals surface area (Å²) in [6, 6.07) is 2.04. The Morgan fingerprint density at radius 1 is 1.33 bits per heavy atom. The van der Waals surface area contributed by atoms with Gasteiger partial charge in [0.05, 0.1) is 5.54 Å². The zero-order valence-corrected chi connectivity index (χ0v) is 9.58. The fourth-order valence-electron chi connectivity index (χ4n) is 2.27. The summed E-state index contributed by atoms with van der Waals surface area (Å²) in [6.45, 7) is 4.13. The van der Waals surface area contributed by atoms with Crippen molar-refractivity contribution in [2.75, 3.05) is 0 Å². The van der Waals surface area contributed by atoms with E-state index >= 15 is 0 Å². The molecule has 0 unspecified atom stereocenters. The fraction of sp³-hybridized carbons (Fsp3) is 0.667. The summed E-state index contributed by atoms with van der Waals surface area (Å²) in [5.41, 5.74) is 8.24. The predicted octanol–water partition coefficient (Wildman–Crippen LogP) is 2.08. The number of nitrogens with two attached hydrogens (primary N) is 1. The van der Waals surface area contributed by atoms with Crippen molar-refractivity contribution in [3.8, 4) is 0 Å². The average molecular weight is 205 g/mol. The third-order valence-electron chi connectivity index (χ3n) is 3.21. The van der Waals surface area contributed by atoms with Gasteiger partial charge in [-0.1, -0.05) is 19.8 Å². The summed E-state index contributed by atoms with van der Waals surface area (Å²) in [7, 11) is 0. The van der Waals surface area contributed by atoms with Gasteiger partial charge in [-0.25, -0.2) is 9.97 Å². The molecule has 0 spiro atoms. The van der Waals surface area contributed by atoms with Crippen LogP contribution < -0.4 is 5.73 Å². The molecule has 0 saturated heterocycles. The molecule has 0 amide bonds. The van der Waals surface area contributed by atoms with Crippen LogP contribution in [0.4, 0.5) is 0 Å². The van der Waals surface area contributed by atoms with Gasteiger partial charge in [-0.15, -0.1) is 0 Å². The van der Waals surface area contributed by atoms with E-state index in [1.165, 1.54) is 12.8 Å². The number of nitrogens with zero attached hydrogens (tertiary/aromatic N) is 2. The van der Waals surface area contributed by atoms with Crippen LogP contribution in [0.1, 0.15) is 49.8 Å². The molecule has 0 aliphatic heterocycles. The predicted molar refractivity (Wildman–Crippen MR) is 60.5 cm³/mol. The third kappa shape index (κ3) is 2.02. The van der Waals surface area contributed by atoms with Gasteiger partial charge >= 0.3 is 0 Å². The highest BCUT2D eigenvalue weighted by Crippen LogP contribution is 2.34. The lowest BCUT2D eigenvalue weighted by atomic mass is 9.98. The number of rotatable bonds is 2. The summed E-state index contributed by atoms with van der Waals surface area (Å²) in [6.07, 6.45) is 5.41. The monoisotopic (exact) mass is 205 g/mol. The standard InChI is InChI=1S/C12H19N3/c1-3-10-8-9(2)14-11(15-10)12(13)6-4-5-7-12/h8H,3-7,13H2,1-2H3. The number of aryl methyl sites for hydroxylation is 2. The summed E-state index contributed by atoms with van der Waals surface area (Å²) in [5.74, 6) is 0.858. The lowest BCUT2D eigenvalue weighted by Crippen LogP contribution is -2.35. The number of hydrogen-bond donors (Lipinski definition) is 1. The zero-order valence-electron chi connectivity index (χ0n) is 9.58. The summed E-state index contributed by atoms with van der Waals surface area (Å²) < 4.78 is 0. The second kappa shape index (κ2) is 3.89. The minimum Gasteiger partial charge on any atom is -0.319 e. The van der Waals surface area contributed by atoms with Crippen LogP contribution in [0.15, 0.2) is 6.07 Å². The topological polar surface area (TPSA) is 51.8 Å². The van der Waals surface area contributed by atoms with Crippen LogP contribution in [0.5, 0.6) is 0 Å². The molecule has 1 fully saturated rings. The van der Waals surface area contributed by atoms with Crippen LogP contribution in [-0.2, 0) is 12.0 Å². The van der Waals surface area contributed by atoms with E-state index in [0.717, 1.165) is 36.5 Å². The van der Waals surface area contributed by atoms with E-state index in [2.05, 4.69) is 16.9 Å². The Hall–Kier alpha value is -0.960. The van der Waals surface area contributed by atoms with E-state index in [1.807, 2.05) is 13.0 Å². The van der Waals surface area contributed by atoms with Crippen LogP contribution in [0.25, 0.3) is 0 Å². The normalized spacial score (nSPS) is 19.4. The highest BCUT2D eigenvalue weighted by atomic mass is 15.0. The molecule has 0 bridgehead atoms. The van der Waals surface area contributed by atoms with Crippen LogP contribution in [0, 0.1) is 6.92 Å². The molecular weight excluding hydrogens is 186 g/mol. The van der Waals surface area contributed by atoms with Crippen molar-refractivity contribution in [2.45, 2.75) is 51.5 Å². The highest BCUT2D eigenvalue weighted by Gasteiger charge is 2.34. The van der Waals surface area contributed by atoms with Crippen LogP contribution in [0.2, 0.25) is 0 Å². The molecule has 1 aromatic heterocycles. The Kier molecular flexibility index (Phi) is 2.74. The van der Waals surface area contributed by atoms with Crippen LogP contribution in [-0.4, -0.2) is 9.97 Å². The maximum atomic E-state index is 6.35. The zero-order chi connectivity index (χ0) is 10.9. The highest BCUT2D eigenvalue weighted by molar-refractivity contribution is 5.16. The van der Waals surface area contributed by atoms with Crippen molar-refractivity contribution in [3.05, 3.63) is 23.3 Å². The Labute approximate surface area is 91.1 Å². The first-order valence-electron chi connectivity index (χ1n) is 5.78. The van der Waals surface area contributed by atoms with E-state index < -0.39 is 0 Å². The Bertz CT molecular complexity index is 354. The second-order valence-corrected chi connectivity index (χ2v) is 4.54. The molecule has 15 heavy (non-hydrogen) atoms. The third-order valence-corrected chi connectivity index (χ3v) is 3.21. The molecule has 0 aromatic carbocycles. The van der Waals surface area contributed by atoms with Gasteiger partial charge in [0.15, 0.2) is 0 Å². The van der Waals surface area contributed by atoms with E-state index in [1.54, 1.807) is 0 Å². The molecule has 82 valence electrons. The summed E-state index contributed by atoms with van der Waals surface area (Å²) in [5, 5.41) is 0. The molecule has 1 aliphatic carbocycles. The van der Waals surface area contributed by atoms with Gasteiger partial charge in [0, 0.05) is 11.4 Å². The molecule has 3 heteroatoms. The minimum atomic E-state index is -0.254. The first-order chi connectivity index (χ1) is 7.14. The smallest absolute Gasteiger partial charge is 0.148 e. The molecular formula is C12H19N3. The summed E-state index contributed by atoms with van der Waals surface area (Å²) in [4.78, 5) is 9.07. The van der Waals surface area contributed by atoms with Crippen LogP contribution >= 0.6 is 0 Å². The van der Waals surface area contributed by atoms with Crippen molar-refractivity contribution in [1.29, 1.82) is 0 Å². The van der Waals surface area contributed by atoms with Crippen molar-refractivity contribution >= 4 is 0 Å². The van der Waals surface area contributed by atoms with Gasteiger partial charge in [-0.3, -0.25) is 0 Å².